The summed E-state index contributed by atoms with van der Waals surface area (Å²) in [4.78, 5) is -0.0206. The fourth-order valence-electron chi connectivity index (χ4n) is 3.63. The van der Waals surface area contributed by atoms with Gasteiger partial charge in [0.2, 0.25) is 15.6 Å². The lowest BCUT2D eigenvalue weighted by Crippen LogP contribution is -2.47. The molecule has 7 nitrogen and oxygen atoms in total. The number of halogens is 4. The van der Waals surface area contributed by atoms with Crippen LogP contribution < -0.4 is 5.32 Å². The molecule has 1 unspecified atom stereocenters. The first kappa shape index (κ1) is 25.6. The Balaban J connectivity index is 1.63. The predicted octanol–water partition coefficient (Wildman–Crippen LogP) is 4.28. The van der Waals surface area contributed by atoms with E-state index in [0.29, 0.717) is 16.6 Å². The zero-order valence-corrected chi connectivity index (χ0v) is 20.0. The second-order valence-corrected chi connectivity index (χ2v) is 10.5. The van der Waals surface area contributed by atoms with Crippen molar-refractivity contribution < 1.29 is 31.1 Å². The molecule has 1 heterocycles. The van der Waals surface area contributed by atoms with E-state index < -0.39 is 39.7 Å². The highest BCUT2D eigenvalue weighted by atomic mass is 32.2. The van der Waals surface area contributed by atoms with Crippen LogP contribution in [0.2, 0.25) is 0 Å². The van der Waals surface area contributed by atoms with Crippen LogP contribution in [-0.4, -0.2) is 54.4 Å². The lowest BCUT2D eigenvalue weighted by Gasteiger charge is -2.31. The monoisotopic (exact) mass is 522 g/mol. The summed E-state index contributed by atoms with van der Waals surface area (Å²) < 4.78 is 82.3. The van der Waals surface area contributed by atoms with Crippen molar-refractivity contribution in [3.8, 4) is 5.69 Å². The fraction of sp³-hybridized carbons (Fsp3) is 0.208. The van der Waals surface area contributed by atoms with Crippen molar-refractivity contribution in [2.45, 2.75) is 16.7 Å². The highest BCUT2D eigenvalue weighted by Gasteiger charge is 2.55. The van der Waals surface area contributed by atoms with Gasteiger partial charge in [0.05, 0.1) is 28.8 Å². The molecule has 0 radical (unpaired) electrons. The molecular weight excluding hydrogens is 500 g/mol. The number of nitrogens with zero attached hydrogens (tertiary/aromatic N) is 3. The molecule has 0 amide bonds. The van der Waals surface area contributed by atoms with Crippen LogP contribution in [0.15, 0.2) is 77.8 Å². The number of benzene rings is 3. The van der Waals surface area contributed by atoms with Crippen molar-refractivity contribution in [1.29, 1.82) is 0 Å². The SMILES string of the molecule is CN(C)S(=O)(=O)c1ccc(NCC(O)(c2ccc3c(cnn3-c3ccc(F)cc3)c2)C(F)(F)F)cc1. The third-order valence-electron chi connectivity index (χ3n) is 5.77. The van der Waals surface area contributed by atoms with E-state index in [9.17, 15) is 31.1 Å². The Morgan fingerprint density at radius 3 is 2.22 bits per heavy atom. The number of aliphatic hydroxyl groups is 1. The first-order valence-electron chi connectivity index (χ1n) is 10.6. The van der Waals surface area contributed by atoms with Crippen molar-refractivity contribution in [3.63, 3.8) is 0 Å². The van der Waals surface area contributed by atoms with Gasteiger partial charge in [0.25, 0.3) is 0 Å². The Morgan fingerprint density at radius 2 is 1.64 bits per heavy atom. The van der Waals surface area contributed by atoms with E-state index >= 15 is 0 Å². The van der Waals surface area contributed by atoms with E-state index in [-0.39, 0.29) is 10.6 Å². The van der Waals surface area contributed by atoms with E-state index in [4.69, 9.17) is 0 Å². The summed E-state index contributed by atoms with van der Waals surface area (Å²) in [6.07, 6.45) is -3.68. The first-order valence-corrected chi connectivity index (χ1v) is 12.1. The largest absolute Gasteiger partial charge is 0.423 e. The van der Waals surface area contributed by atoms with Crippen LogP contribution in [0.4, 0.5) is 23.2 Å². The molecule has 0 aliphatic rings. The molecule has 4 aromatic rings. The number of alkyl halides is 3. The van der Waals surface area contributed by atoms with Gasteiger partial charge in [0.1, 0.15) is 5.82 Å². The van der Waals surface area contributed by atoms with Gasteiger partial charge in [-0.25, -0.2) is 21.8 Å². The Morgan fingerprint density at radius 1 is 1.00 bits per heavy atom. The maximum atomic E-state index is 14.1. The average molecular weight is 523 g/mol. The molecule has 1 aromatic heterocycles. The molecular formula is C24H22F4N4O3S. The topological polar surface area (TPSA) is 87.5 Å². The molecule has 190 valence electrons. The lowest BCUT2D eigenvalue weighted by molar-refractivity contribution is -0.260. The van der Waals surface area contributed by atoms with Crippen LogP contribution in [0.1, 0.15) is 5.56 Å². The zero-order chi connectivity index (χ0) is 26.3. The van der Waals surface area contributed by atoms with Gasteiger partial charge in [-0.2, -0.15) is 18.3 Å². The van der Waals surface area contributed by atoms with Crippen LogP contribution in [0, 0.1) is 5.82 Å². The molecule has 0 saturated heterocycles. The summed E-state index contributed by atoms with van der Waals surface area (Å²) in [5.41, 5.74) is -2.47. The number of nitrogens with one attached hydrogen (secondary N) is 1. The van der Waals surface area contributed by atoms with Crippen LogP contribution in [0.3, 0.4) is 0 Å². The molecule has 0 spiro atoms. The Bertz CT molecular complexity index is 1480. The molecule has 36 heavy (non-hydrogen) atoms. The molecule has 1 atom stereocenters. The third kappa shape index (κ3) is 4.66. The van der Waals surface area contributed by atoms with Crippen LogP contribution in [-0.2, 0) is 15.6 Å². The summed E-state index contributed by atoms with van der Waals surface area (Å²) in [5, 5.41) is 17.9. The van der Waals surface area contributed by atoms with Crippen LogP contribution in [0.5, 0.6) is 0 Å². The highest BCUT2D eigenvalue weighted by Crippen LogP contribution is 2.40. The maximum absolute atomic E-state index is 14.1. The normalized spacial score (nSPS) is 14.2. The number of hydrogen-bond acceptors (Lipinski definition) is 5. The zero-order valence-electron chi connectivity index (χ0n) is 19.2. The lowest BCUT2D eigenvalue weighted by atomic mass is 9.92. The van der Waals surface area contributed by atoms with Crippen molar-refractivity contribution in [2.75, 3.05) is 26.0 Å². The Labute approximate surface area is 204 Å². The van der Waals surface area contributed by atoms with Gasteiger partial charge in [-0.3, -0.25) is 0 Å². The van der Waals surface area contributed by atoms with Gasteiger partial charge in [0.15, 0.2) is 0 Å². The molecule has 0 aliphatic carbocycles. The van der Waals surface area contributed by atoms with E-state index in [1.54, 1.807) is 0 Å². The highest BCUT2D eigenvalue weighted by molar-refractivity contribution is 7.89. The molecule has 12 heteroatoms. The Hall–Kier alpha value is -3.48. The number of hydrogen-bond donors (Lipinski definition) is 2. The smallest absolute Gasteiger partial charge is 0.381 e. The standard InChI is InChI=1S/C24H22F4N4O3S/c1-31(2)36(34,35)21-10-6-19(7-11-21)29-15-23(33,24(26,27)28)17-3-12-22-16(13-17)14-30-32(22)20-8-4-18(25)5-9-20/h3-14,29,33H,15H2,1-2H3. The van der Waals surface area contributed by atoms with E-state index in [1.165, 1.54) is 85.6 Å². The maximum Gasteiger partial charge on any atom is 0.423 e. The second-order valence-electron chi connectivity index (χ2n) is 8.33. The number of rotatable bonds is 7. The summed E-state index contributed by atoms with van der Waals surface area (Å²) in [6.45, 7) is -0.923. The summed E-state index contributed by atoms with van der Waals surface area (Å²) in [7, 11) is -0.962. The minimum Gasteiger partial charge on any atom is -0.381 e. The summed E-state index contributed by atoms with van der Waals surface area (Å²) >= 11 is 0. The van der Waals surface area contributed by atoms with E-state index in [1.807, 2.05) is 0 Å². The van der Waals surface area contributed by atoms with Crippen molar-refractivity contribution in [3.05, 3.63) is 84.3 Å². The minimum atomic E-state index is -5.03. The van der Waals surface area contributed by atoms with Crippen LogP contribution >= 0.6 is 0 Å². The van der Waals surface area contributed by atoms with Crippen molar-refractivity contribution in [2.24, 2.45) is 0 Å². The van der Waals surface area contributed by atoms with Gasteiger partial charge in [0, 0.05) is 25.2 Å². The number of sulfonamides is 1. The molecule has 3 aromatic carbocycles. The number of aromatic nitrogens is 2. The summed E-state index contributed by atoms with van der Waals surface area (Å²) in [5.74, 6) is -0.436. The predicted molar refractivity (Wildman–Crippen MR) is 127 cm³/mol. The third-order valence-corrected chi connectivity index (χ3v) is 7.60. The first-order chi connectivity index (χ1) is 16.8. The van der Waals surface area contributed by atoms with Crippen molar-refractivity contribution >= 4 is 26.6 Å². The molecule has 2 N–H and O–H groups in total. The molecule has 4 rings (SSSR count). The second kappa shape index (κ2) is 9.19. The van der Waals surface area contributed by atoms with Crippen LogP contribution in [0.25, 0.3) is 16.6 Å². The molecule has 0 saturated carbocycles. The number of anilines is 1. The summed E-state index contributed by atoms with van der Waals surface area (Å²) in [6, 6.07) is 14.4. The van der Waals surface area contributed by atoms with Gasteiger partial charge < -0.3 is 10.4 Å². The quantitative estimate of drug-likeness (QED) is 0.354. The van der Waals surface area contributed by atoms with E-state index in [0.717, 1.165) is 10.4 Å². The minimum absolute atomic E-state index is 0.0206. The Kier molecular flexibility index (Phi) is 6.54. The van der Waals surface area contributed by atoms with Crippen molar-refractivity contribution in [1.82, 2.24) is 14.1 Å². The average Bonchev–Trinajstić information content (AvgIpc) is 3.26. The van der Waals surface area contributed by atoms with E-state index in [2.05, 4.69) is 10.4 Å². The van der Waals surface area contributed by atoms with Gasteiger partial charge >= 0.3 is 6.18 Å². The molecule has 0 fully saturated rings. The van der Waals surface area contributed by atoms with Gasteiger partial charge in [-0.15, -0.1) is 0 Å². The fourth-order valence-corrected chi connectivity index (χ4v) is 4.53. The molecule has 0 aliphatic heterocycles. The van der Waals surface area contributed by atoms with Gasteiger partial charge in [-0.05, 0) is 66.2 Å². The molecule has 0 bridgehead atoms. The number of fused-ring (bicyclic) bond motifs is 1. The van der Waals surface area contributed by atoms with Gasteiger partial charge in [-0.1, -0.05) is 6.07 Å².